The van der Waals surface area contributed by atoms with Crippen LogP contribution in [0.15, 0.2) is 36.5 Å². The summed E-state index contributed by atoms with van der Waals surface area (Å²) >= 11 is 0. The van der Waals surface area contributed by atoms with Crippen molar-refractivity contribution in [1.82, 2.24) is 15.1 Å². The Kier molecular flexibility index (Phi) is 4.22. The molecule has 27 heavy (non-hydrogen) atoms. The first-order valence-corrected chi connectivity index (χ1v) is 8.66. The van der Waals surface area contributed by atoms with Crippen molar-refractivity contribution in [1.29, 1.82) is 0 Å². The van der Waals surface area contributed by atoms with Gasteiger partial charge in [0.1, 0.15) is 22.8 Å². The first-order chi connectivity index (χ1) is 12.9. The molecule has 1 fully saturated rings. The van der Waals surface area contributed by atoms with Crippen LogP contribution in [0.4, 0.5) is 8.78 Å². The number of primary amides is 1. The zero-order valence-corrected chi connectivity index (χ0v) is 14.5. The Morgan fingerprint density at radius 1 is 1.30 bits per heavy atom. The quantitative estimate of drug-likeness (QED) is 0.698. The van der Waals surface area contributed by atoms with Crippen molar-refractivity contribution in [2.75, 3.05) is 13.1 Å². The Bertz CT molecular complexity index is 1040. The molecule has 2 radical (unpaired) electrons. The van der Waals surface area contributed by atoms with Gasteiger partial charge in [0.05, 0.1) is 13.4 Å². The van der Waals surface area contributed by atoms with E-state index in [0.29, 0.717) is 17.5 Å². The molecule has 0 bridgehead atoms. The van der Waals surface area contributed by atoms with Crippen LogP contribution in [0.5, 0.6) is 0 Å². The largest absolute Gasteiger partial charge is 0.366 e. The Morgan fingerprint density at radius 2 is 2.11 bits per heavy atom. The minimum Gasteiger partial charge on any atom is -0.366 e. The maximum Gasteiger partial charge on any atom is 0.251 e. The number of carbonyl (C=O) groups excluding carboxylic acids is 1. The predicted octanol–water partition coefficient (Wildman–Crippen LogP) is 2.15. The number of halogens is 2. The first kappa shape index (κ1) is 17.7. The Balaban J connectivity index is 1.78. The summed E-state index contributed by atoms with van der Waals surface area (Å²) in [5, 5.41) is 7.21. The maximum absolute atomic E-state index is 14.8. The second-order valence-electron chi connectivity index (χ2n) is 6.93. The van der Waals surface area contributed by atoms with E-state index in [1.807, 2.05) is 0 Å². The molecular weight excluding hydrogens is 349 g/mol. The molecule has 0 saturated carbocycles. The van der Waals surface area contributed by atoms with E-state index < -0.39 is 22.9 Å². The van der Waals surface area contributed by atoms with E-state index in [1.165, 1.54) is 23.0 Å². The van der Waals surface area contributed by atoms with Gasteiger partial charge < -0.3 is 11.1 Å². The molecule has 0 spiro atoms. The second-order valence-corrected chi connectivity index (χ2v) is 6.93. The van der Waals surface area contributed by atoms with Crippen molar-refractivity contribution in [2.24, 2.45) is 5.73 Å². The molecule has 1 unspecified atom stereocenters. The molecule has 1 atom stereocenters. The third-order valence-corrected chi connectivity index (χ3v) is 5.03. The molecule has 1 saturated heterocycles. The second kappa shape index (κ2) is 6.46. The average Bonchev–Trinajstić information content (AvgIpc) is 3.04. The standard InChI is InChI=1S/C19H17BF2N4O/c20-19(4-1-5-24-10-19)12-2-3-16(15(22)7-12)26-9-11-6-13(21)8-14(18(23)27)17(11)25-26/h2-3,6-9,24H,1,4-5,10H2,(H2,23,27). The molecule has 8 heteroatoms. The summed E-state index contributed by atoms with van der Waals surface area (Å²) in [5.41, 5.74) is 6.35. The van der Waals surface area contributed by atoms with Gasteiger partial charge in [0.2, 0.25) is 0 Å². The van der Waals surface area contributed by atoms with Crippen LogP contribution >= 0.6 is 0 Å². The average molecular weight is 366 g/mol. The molecule has 5 nitrogen and oxygen atoms in total. The molecule has 2 aromatic carbocycles. The molecule has 3 N–H and O–H groups in total. The van der Waals surface area contributed by atoms with Crippen molar-refractivity contribution in [2.45, 2.75) is 18.2 Å². The fourth-order valence-corrected chi connectivity index (χ4v) is 3.59. The van der Waals surface area contributed by atoms with Crippen LogP contribution in [0.1, 0.15) is 28.8 Å². The highest BCUT2D eigenvalue weighted by Crippen LogP contribution is 2.30. The zero-order chi connectivity index (χ0) is 19.2. The van der Waals surface area contributed by atoms with Gasteiger partial charge in [-0.3, -0.25) is 4.79 Å². The molecule has 2 heterocycles. The van der Waals surface area contributed by atoms with Crippen molar-refractivity contribution >= 4 is 24.7 Å². The van der Waals surface area contributed by atoms with Crippen LogP contribution in [-0.2, 0) is 5.31 Å². The Morgan fingerprint density at radius 3 is 2.78 bits per heavy atom. The van der Waals surface area contributed by atoms with E-state index in [4.69, 9.17) is 13.6 Å². The van der Waals surface area contributed by atoms with Crippen LogP contribution in [0.2, 0.25) is 0 Å². The molecule has 3 aromatic rings. The van der Waals surface area contributed by atoms with Crippen LogP contribution in [0.25, 0.3) is 16.6 Å². The number of carbonyl (C=O) groups is 1. The molecule has 1 amide bonds. The Hall–Kier alpha value is -2.74. The highest BCUT2D eigenvalue weighted by molar-refractivity contribution is 6.16. The summed E-state index contributed by atoms with van der Waals surface area (Å²) in [6.45, 7) is 1.48. The summed E-state index contributed by atoms with van der Waals surface area (Å²) in [5.74, 6) is -1.91. The van der Waals surface area contributed by atoms with E-state index in [9.17, 15) is 13.6 Å². The van der Waals surface area contributed by atoms with E-state index in [-0.39, 0.29) is 16.8 Å². The molecule has 136 valence electrons. The topological polar surface area (TPSA) is 72.9 Å². The number of benzene rings is 2. The number of rotatable bonds is 3. The van der Waals surface area contributed by atoms with Gasteiger partial charge in [-0.05, 0) is 61.1 Å². The van der Waals surface area contributed by atoms with Gasteiger partial charge in [-0.15, -0.1) is 0 Å². The zero-order valence-electron chi connectivity index (χ0n) is 14.5. The highest BCUT2D eigenvalue weighted by Gasteiger charge is 2.29. The highest BCUT2D eigenvalue weighted by atomic mass is 19.1. The summed E-state index contributed by atoms with van der Waals surface area (Å²) < 4.78 is 29.8. The van der Waals surface area contributed by atoms with E-state index in [1.54, 1.807) is 12.1 Å². The van der Waals surface area contributed by atoms with Crippen LogP contribution in [0, 0.1) is 11.6 Å². The van der Waals surface area contributed by atoms with Gasteiger partial charge >= 0.3 is 0 Å². The van der Waals surface area contributed by atoms with Crippen molar-refractivity contribution < 1.29 is 13.6 Å². The molecule has 1 aliphatic heterocycles. The number of piperidine rings is 1. The summed E-state index contributed by atoms with van der Waals surface area (Å²) in [6, 6.07) is 7.01. The fourth-order valence-electron chi connectivity index (χ4n) is 3.59. The van der Waals surface area contributed by atoms with Crippen molar-refractivity contribution in [3.8, 4) is 5.69 Å². The van der Waals surface area contributed by atoms with Gasteiger partial charge in [0.25, 0.3) is 5.91 Å². The van der Waals surface area contributed by atoms with E-state index in [2.05, 4.69) is 10.4 Å². The lowest BCUT2D eigenvalue weighted by Crippen LogP contribution is -2.43. The van der Waals surface area contributed by atoms with E-state index in [0.717, 1.165) is 25.5 Å². The van der Waals surface area contributed by atoms with Crippen molar-refractivity contribution in [3.63, 3.8) is 0 Å². The minimum absolute atomic E-state index is 0.0463. The molecule has 1 aliphatic rings. The van der Waals surface area contributed by atoms with E-state index >= 15 is 0 Å². The van der Waals surface area contributed by atoms with Gasteiger partial charge in [-0.1, -0.05) is 6.07 Å². The van der Waals surface area contributed by atoms with Gasteiger partial charge in [0, 0.05) is 11.6 Å². The smallest absolute Gasteiger partial charge is 0.251 e. The number of hydrogen-bond acceptors (Lipinski definition) is 3. The van der Waals surface area contributed by atoms with Crippen LogP contribution < -0.4 is 11.1 Å². The molecule has 1 aromatic heterocycles. The maximum atomic E-state index is 14.8. The number of nitrogens with two attached hydrogens (primary N) is 1. The normalized spacial score (nSPS) is 20.1. The number of nitrogens with one attached hydrogen (secondary N) is 1. The van der Waals surface area contributed by atoms with Gasteiger partial charge in [0.15, 0.2) is 0 Å². The number of amides is 1. The third kappa shape index (κ3) is 3.10. The number of hydrogen-bond donors (Lipinski definition) is 2. The minimum atomic E-state index is -0.796. The molecule has 0 aliphatic carbocycles. The third-order valence-electron chi connectivity index (χ3n) is 5.03. The monoisotopic (exact) mass is 366 g/mol. The summed E-state index contributed by atoms with van der Waals surface area (Å²) in [7, 11) is 6.42. The van der Waals surface area contributed by atoms with Gasteiger partial charge in [-0.25, -0.2) is 13.5 Å². The fraction of sp³-hybridized carbons (Fsp3) is 0.263. The lowest BCUT2D eigenvalue weighted by Gasteiger charge is -2.35. The molecular formula is C19H17BF2N4O. The number of nitrogens with zero attached hydrogens (tertiary/aromatic N) is 2. The lowest BCUT2D eigenvalue weighted by molar-refractivity contribution is 0.100. The number of fused-ring (bicyclic) bond motifs is 1. The molecule has 4 rings (SSSR count). The lowest BCUT2D eigenvalue weighted by atomic mass is 9.60. The van der Waals surface area contributed by atoms with Crippen LogP contribution in [-0.4, -0.2) is 36.6 Å². The van der Waals surface area contributed by atoms with Gasteiger partial charge in [-0.2, -0.15) is 5.10 Å². The summed E-state index contributed by atoms with van der Waals surface area (Å²) in [6.07, 6.45) is 3.15. The number of aromatic nitrogens is 2. The Labute approximate surface area is 155 Å². The van der Waals surface area contributed by atoms with Crippen molar-refractivity contribution in [3.05, 3.63) is 59.3 Å². The first-order valence-electron chi connectivity index (χ1n) is 8.66. The van der Waals surface area contributed by atoms with Crippen LogP contribution in [0.3, 0.4) is 0 Å². The summed E-state index contributed by atoms with van der Waals surface area (Å²) in [4.78, 5) is 11.5. The predicted molar refractivity (Wildman–Crippen MR) is 99.0 cm³/mol. The SMILES string of the molecule is [B]C1(c2ccc(-n3cc4cc(F)cc(C(N)=O)c4n3)c(F)c2)CCCNC1.